The second kappa shape index (κ2) is 5.94. The first kappa shape index (κ1) is 13.6. The van der Waals surface area contributed by atoms with E-state index in [0.717, 1.165) is 47.7 Å². The van der Waals surface area contributed by atoms with Gasteiger partial charge in [-0.05, 0) is 36.8 Å². The Morgan fingerprint density at radius 2 is 2.20 bits per heavy atom. The van der Waals surface area contributed by atoms with Crippen LogP contribution in [0.2, 0.25) is 0 Å². The molecule has 20 heavy (non-hydrogen) atoms. The Morgan fingerprint density at radius 3 is 3.05 bits per heavy atom. The van der Waals surface area contributed by atoms with Gasteiger partial charge in [-0.1, -0.05) is 22.0 Å². The van der Waals surface area contributed by atoms with Gasteiger partial charge in [0.15, 0.2) is 0 Å². The van der Waals surface area contributed by atoms with Crippen molar-refractivity contribution in [1.29, 1.82) is 0 Å². The number of hydrogen-bond donors (Lipinski definition) is 1. The molecule has 0 amide bonds. The minimum atomic E-state index is 0.767. The highest BCUT2D eigenvalue weighted by Gasteiger charge is 2.17. The zero-order valence-electron chi connectivity index (χ0n) is 11.4. The summed E-state index contributed by atoms with van der Waals surface area (Å²) in [6.45, 7) is 4.36. The molecule has 0 saturated heterocycles. The third-order valence-electron chi connectivity index (χ3n) is 3.39. The summed E-state index contributed by atoms with van der Waals surface area (Å²) in [4.78, 5) is 4.49. The second-order valence-corrected chi connectivity index (χ2v) is 5.94. The number of benzene rings is 1. The van der Waals surface area contributed by atoms with E-state index >= 15 is 0 Å². The quantitative estimate of drug-likeness (QED) is 0.931. The van der Waals surface area contributed by atoms with E-state index in [4.69, 9.17) is 4.74 Å². The van der Waals surface area contributed by atoms with Crippen molar-refractivity contribution in [3.05, 3.63) is 57.3 Å². The highest BCUT2D eigenvalue weighted by molar-refractivity contribution is 9.10. The van der Waals surface area contributed by atoms with Gasteiger partial charge in [0.25, 0.3) is 0 Å². The molecule has 1 aromatic heterocycles. The molecular weight excluding hydrogens is 316 g/mol. The molecule has 0 radical (unpaired) electrons. The predicted octanol–water partition coefficient (Wildman–Crippen LogP) is 3.38. The first-order valence-corrected chi connectivity index (χ1v) is 7.59. The second-order valence-electron chi connectivity index (χ2n) is 5.03. The summed E-state index contributed by atoms with van der Waals surface area (Å²) >= 11 is 3.57. The molecular formula is C16H17BrN2O. The molecule has 1 aliphatic heterocycles. The first-order chi connectivity index (χ1) is 9.72. The summed E-state index contributed by atoms with van der Waals surface area (Å²) in [6, 6.07) is 10.4. The molecule has 1 aliphatic rings. The highest BCUT2D eigenvalue weighted by atomic mass is 79.9. The van der Waals surface area contributed by atoms with Crippen molar-refractivity contribution in [3.63, 3.8) is 0 Å². The van der Waals surface area contributed by atoms with Gasteiger partial charge >= 0.3 is 0 Å². The van der Waals surface area contributed by atoms with Crippen molar-refractivity contribution >= 4 is 15.9 Å². The number of nitrogens with zero attached hydrogens (tertiary/aromatic N) is 1. The molecule has 0 saturated carbocycles. The molecule has 104 valence electrons. The standard InChI is InChI=1S/C16H17BrN2O/c1-11-3-2-4-15(19-11)10-18-9-13-8-14(17)7-12-5-6-20-16(12)13/h2-4,7-8,18H,5-6,9-10H2,1H3. The van der Waals surface area contributed by atoms with Crippen LogP contribution in [0.1, 0.15) is 22.5 Å². The molecule has 0 atom stereocenters. The van der Waals surface area contributed by atoms with Crippen molar-refractivity contribution < 1.29 is 4.74 Å². The molecule has 2 heterocycles. The number of fused-ring (bicyclic) bond motifs is 1. The predicted molar refractivity (Wildman–Crippen MR) is 82.9 cm³/mol. The average Bonchev–Trinajstić information content (AvgIpc) is 2.87. The zero-order chi connectivity index (χ0) is 13.9. The van der Waals surface area contributed by atoms with E-state index in [1.165, 1.54) is 11.1 Å². The van der Waals surface area contributed by atoms with Crippen molar-refractivity contribution in [2.75, 3.05) is 6.61 Å². The van der Waals surface area contributed by atoms with Crippen LogP contribution in [0.3, 0.4) is 0 Å². The monoisotopic (exact) mass is 332 g/mol. The van der Waals surface area contributed by atoms with Crippen LogP contribution >= 0.6 is 15.9 Å². The van der Waals surface area contributed by atoms with Crippen LogP contribution in [0.4, 0.5) is 0 Å². The fourth-order valence-electron chi connectivity index (χ4n) is 2.50. The van der Waals surface area contributed by atoms with E-state index in [0.29, 0.717) is 0 Å². The molecule has 3 nitrogen and oxygen atoms in total. The highest BCUT2D eigenvalue weighted by Crippen LogP contribution is 2.32. The fourth-order valence-corrected chi connectivity index (χ4v) is 3.05. The van der Waals surface area contributed by atoms with Gasteiger partial charge in [-0.3, -0.25) is 4.98 Å². The molecule has 1 aromatic carbocycles. The molecule has 0 aliphatic carbocycles. The van der Waals surface area contributed by atoms with Crippen LogP contribution < -0.4 is 10.1 Å². The fraction of sp³-hybridized carbons (Fsp3) is 0.312. The molecule has 3 rings (SSSR count). The number of halogens is 1. The maximum atomic E-state index is 5.73. The van der Waals surface area contributed by atoms with Crippen molar-refractivity contribution in [2.24, 2.45) is 0 Å². The van der Waals surface area contributed by atoms with Crippen molar-refractivity contribution in [3.8, 4) is 5.75 Å². The summed E-state index contributed by atoms with van der Waals surface area (Å²) in [5.41, 5.74) is 4.62. The van der Waals surface area contributed by atoms with E-state index in [2.05, 4.69) is 38.4 Å². The maximum absolute atomic E-state index is 5.73. The Hall–Kier alpha value is -1.39. The van der Waals surface area contributed by atoms with Crippen molar-refractivity contribution in [1.82, 2.24) is 10.3 Å². The summed E-state index contributed by atoms with van der Waals surface area (Å²) in [6.07, 6.45) is 1.00. The lowest BCUT2D eigenvalue weighted by molar-refractivity contribution is 0.352. The number of aromatic nitrogens is 1. The lowest BCUT2D eigenvalue weighted by Crippen LogP contribution is -2.14. The molecule has 4 heteroatoms. The lowest BCUT2D eigenvalue weighted by atomic mass is 10.1. The van der Waals surface area contributed by atoms with Gasteiger partial charge in [0.05, 0.1) is 12.3 Å². The number of pyridine rings is 1. The van der Waals surface area contributed by atoms with Gasteiger partial charge < -0.3 is 10.1 Å². The Bertz CT molecular complexity index is 628. The minimum absolute atomic E-state index is 0.767. The van der Waals surface area contributed by atoms with Gasteiger partial charge in [0.1, 0.15) is 5.75 Å². The van der Waals surface area contributed by atoms with Gasteiger partial charge in [-0.15, -0.1) is 0 Å². The molecule has 0 bridgehead atoms. The van der Waals surface area contributed by atoms with Gasteiger partial charge in [0.2, 0.25) is 0 Å². The number of hydrogen-bond acceptors (Lipinski definition) is 3. The molecule has 1 N–H and O–H groups in total. The van der Waals surface area contributed by atoms with Crippen LogP contribution in [0.15, 0.2) is 34.8 Å². The third-order valence-corrected chi connectivity index (χ3v) is 3.85. The smallest absolute Gasteiger partial charge is 0.127 e. The molecule has 2 aromatic rings. The van der Waals surface area contributed by atoms with Gasteiger partial charge in [-0.2, -0.15) is 0 Å². The average molecular weight is 333 g/mol. The Morgan fingerprint density at radius 1 is 1.30 bits per heavy atom. The molecule has 0 unspecified atom stereocenters. The third kappa shape index (κ3) is 3.02. The van der Waals surface area contributed by atoms with Crippen molar-refractivity contribution in [2.45, 2.75) is 26.4 Å². The topological polar surface area (TPSA) is 34.1 Å². The van der Waals surface area contributed by atoms with Crippen LogP contribution in [0.25, 0.3) is 0 Å². The zero-order valence-corrected chi connectivity index (χ0v) is 13.0. The first-order valence-electron chi connectivity index (χ1n) is 6.80. The van der Waals surface area contributed by atoms with Gasteiger partial charge in [-0.25, -0.2) is 0 Å². The number of nitrogens with one attached hydrogen (secondary N) is 1. The summed E-state index contributed by atoms with van der Waals surface area (Å²) in [5.74, 6) is 1.05. The lowest BCUT2D eigenvalue weighted by Gasteiger charge is -2.10. The van der Waals surface area contributed by atoms with Gasteiger partial charge in [0, 0.05) is 35.2 Å². The maximum Gasteiger partial charge on any atom is 0.127 e. The normalized spacial score (nSPS) is 13.1. The van der Waals surface area contributed by atoms with Crippen LogP contribution in [0.5, 0.6) is 5.75 Å². The summed E-state index contributed by atoms with van der Waals surface area (Å²) < 4.78 is 6.85. The summed E-state index contributed by atoms with van der Waals surface area (Å²) in [7, 11) is 0. The van der Waals surface area contributed by atoms with Crippen LogP contribution in [-0.2, 0) is 19.5 Å². The Kier molecular flexibility index (Phi) is 4.03. The van der Waals surface area contributed by atoms with E-state index in [9.17, 15) is 0 Å². The summed E-state index contributed by atoms with van der Waals surface area (Å²) in [5, 5.41) is 3.44. The molecule has 0 fully saturated rings. The van der Waals surface area contributed by atoms with E-state index in [-0.39, 0.29) is 0 Å². The number of ether oxygens (including phenoxy) is 1. The van der Waals surface area contributed by atoms with Crippen LogP contribution in [-0.4, -0.2) is 11.6 Å². The SMILES string of the molecule is Cc1cccc(CNCc2cc(Br)cc3c2OCC3)n1. The number of rotatable bonds is 4. The van der Waals surface area contributed by atoms with E-state index in [1.807, 2.05) is 25.1 Å². The Balaban J connectivity index is 1.67. The molecule has 0 spiro atoms. The largest absolute Gasteiger partial charge is 0.493 e. The Labute approximate surface area is 127 Å². The number of aryl methyl sites for hydroxylation is 1. The van der Waals surface area contributed by atoms with E-state index in [1.54, 1.807) is 0 Å². The minimum Gasteiger partial charge on any atom is -0.493 e. The van der Waals surface area contributed by atoms with E-state index < -0.39 is 0 Å². The van der Waals surface area contributed by atoms with Crippen LogP contribution in [0, 0.1) is 6.92 Å².